The van der Waals surface area contributed by atoms with Gasteiger partial charge in [-0.2, -0.15) is 0 Å². The molecular weight excluding hydrogens is 288 g/mol. The molecule has 0 aromatic carbocycles. The van der Waals surface area contributed by atoms with E-state index in [1.165, 1.54) is 4.88 Å². The van der Waals surface area contributed by atoms with Crippen molar-refractivity contribution in [2.75, 3.05) is 0 Å². The van der Waals surface area contributed by atoms with Gasteiger partial charge in [-0.1, -0.05) is 0 Å². The summed E-state index contributed by atoms with van der Waals surface area (Å²) >= 11 is 5.08. The third kappa shape index (κ3) is 4.63. The predicted molar refractivity (Wildman–Crippen MR) is 71.6 cm³/mol. The molecule has 1 heterocycles. The van der Waals surface area contributed by atoms with Crippen molar-refractivity contribution in [3.63, 3.8) is 0 Å². The third-order valence-electron chi connectivity index (χ3n) is 2.03. The predicted octanol–water partition coefficient (Wildman–Crippen LogP) is 2.51. The molecule has 16 heavy (non-hydrogen) atoms. The summed E-state index contributed by atoms with van der Waals surface area (Å²) in [7, 11) is 0. The Morgan fingerprint density at radius 1 is 1.50 bits per heavy atom. The summed E-state index contributed by atoms with van der Waals surface area (Å²) in [4.78, 5) is 12.8. The van der Waals surface area contributed by atoms with E-state index in [0.29, 0.717) is 0 Å². The van der Waals surface area contributed by atoms with E-state index in [9.17, 15) is 4.79 Å². The Bertz CT molecular complexity index is 352. The summed E-state index contributed by atoms with van der Waals surface area (Å²) in [6.07, 6.45) is 0. The van der Waals surface area contributed by atoms with Gasteiger partial charge in [-0.25, -0.2) is 0 Å². The highest BCUT2D eigenvalue weighted by Gasteiger charge is 2.12. The number of amides is 1. The normalized spacial score (nSPS) is 12.8. The molecule has 0 aliphatic carbocycles. The smallest absolute Gasteiger partial charge is 0.237 e. The first-order valence-electron chi connectivity index (χ1n) is 5.25. The minimum atomic E-state index is -0.164. The van der Waals surface area contributed by atoms with Crippen molar-refractivity contribution < 1.29 is 4.79 Å². The monoisotopic (exact) mass is 304 g/mol. The number of hydrogen-bond acceptors (Lipinski definition) is 3. The number of hydrogen-bond donors (Lipinski definition) is 2. The zero-order valence-electron chi connectivity index (χ0n) is 9.71. The Morgan fingerprint density at radius 2 is 2.19 bits per heavy atom. The Morgan fingerprint density at radius 3 is 2.69 bits per heavy atom. The molecule has 1 unspecified atom stereocenters. The van der Waals surface area contributed by atoms with E-state index in [1.54, 1.807) is 11.3 Å². The molecule has 2 N–H and O–H groups in total. The van der Waals surface area contributed by atoms with Crippen LogP contribution in [0.5, 0.6) is 0 Å². The van der Waals surface area contributed by atoms with Crippen LogP contribution in [0.2, 0.25) is 0 Å². The van der Waals surface area contributed by atoms with Crippen LogP contribution in [0, 0.1) is 0 Å². The molecule has 1 rings (SSSR count). The van der Waals surface area contributed by atoms with Gasteiger partial charge in [-0.15, -0.1) is 11.3 Å². The lowest BCUT2D eigenvalue weighted by molar-refractivity contribution is -0.123. The first kappa shape index (κ1) is 13.7. The molecule has 0 spiro atoms. The molecule has 0 fully saturated rings. The third-order valence-corrected chi connectivity index (χ3v) is 3.73. The molecule has 0 aliphatic heterocycles. The van der Waals surface area contributed by atoms with Crippen LogP contribution in [0.25, 0.3) is 0 Å². The minimum Gasteiger partial charge on any atom is -0.353 e. The lowest BCUT2D eigenvalue weighted by Gasteiger charge is -2.15. The first-order chi connectivity index (χ1) is 7.49. The highest BCUT2D eigenvalue weighted by molar-refractivity contribution is 9.10. The van der Waals surface area contributed by atoms with Crippen molar-refractivity contribution in [1.82, 2.24) is 10.6 Å². The second-order valence-corrected chi connectivity index (χ2v) is 5.91. The molecule has 0 bridgehead atoms. The number of halogens is 1. The molecule has 0 saturated heterocycles. The van der Waals surface area contributed by atoms with Gasteiger partial charge in [0.1, 0.15) is 0 Å². The maximum absolute atomic E-state index is 11.6. The average molecular weight is 305 g/mol. The van der Waals surface area contributed by atoms with Crippen molar-refractivity contribution in [2.24, 2.45) is 0 Å². The minimum absolute atomic E-state index is 0.0469. The van der Waals surface area contributed by atoms with Crippen molar-refractivity contribution in [3.05, 3.63) is 20.8 Å². The van der Waals surface area contributed by atoms with E-state index in [4.69, 9.17) is 0 Å². The largest absolute Gasteiger partial charge is 0.353 e. The van der Waals surface area contributed by atoms with Crippen molar-refractivity contribution in [3.8, 4) is 0 Å². The van der Waals surface area contributed by atoms with E-state index < -0.39 is 0 Å². The fourth-order valence-electron chi connectivity index (χ4n) is 1.20. The zero-order valence-corrected chi connectivity index (χ0v) is 12.1. The van der Waals surface area contributed by atoms with Crippen molar-refractivity contribution >= 4 is 33.2 Å². The van der Waals surface area contributed by atoms with Crippen LogP contribution < -0.4 is 10.6 Å². The van der Waals surface area contributed by atoms with Crippen LogP contribution in [0.1, 0.15) is 25.6 Å². The quantitative estimate of drug-likeness (QED) is 0.877. The fraction of sp³-hybridized carbons (Fsp3) is 0.545. The van der Waals surface area contributed by atoms with Crippen LogP contribution in [0.4, 0.5) is 0 Å². The summed E-state index contributed by atoms with van der Waals surface area (Å²) in [6.45, 7) is 6.52. The summed E-state index contributed by atoms with van der Waals surface area (Å²) in [5.41, 5.74) is 0. The van der Waals surface area contributed by atoms with Gasteiger partial charge < -0.3 is 10.6 Å². The molecule has 0 saturated carbocycles. The highest BCUT2D eigenvalue weighted by atomic mass is 79.9. The van der Waals surface area contributed by atoms with Crippen LogP contribution in [0.3, 0.4) is 0 Å². The molecule has 1 amide bonds. The van der Waals surface area contributed by atoms with E-state index in [0.717, 1.165) is 11.0 Å². The van der Waals surface area contributed by atoms with Gasteiger partial charge in [0, 0.05) is 27.3 Å². The van der Waals surface area contributed by atoms with Gasteiger partial charge >= 0.3 is 0 Å². The molecule has 5 heteroatoms. The van der Waals surface area contributed by atoms with Gasteiger partial charge in [-0.05, 0) is 42.8 Å². The molecule has 90 valence electrons. The van der Waals surface area contributed by atoms with Crippen molar-refractivity contribution in [1.29, 1.82) is 0 Å². The number of nitrogens with one attached hydrogen (secondary N) is 2. The summed E-state index contributed by atoms with van der Waals surface area (Å²) < 4.78 is 1.09. The standard InChI is InChI=1S/C11H17BrN2OS/c1-7(2)14-11(15)8(3)13-5-10-4-9(12)6-16-10/h4,6-8,13H,5H2,1-3H3,(H,14,15). The Hall–Kier alpha value is -0.390. The lowest BCUT2D eigenvalue weighted by Crippen LogP contribution is -2.44. The number of rotatable bonds is 5. The van der Waals surface area contributed by atoms with Crippen molar-refractivity contribution in [2.45, 2.75) is 39.4 Å². The maximum Gasteiger partial charge on any atom is 0.237 e. The topological polar surface area (TPSA) is 41.1 Å². The summed E-state index contributed by atoms with van der Waals surface area (Å²) in [5, 5.41) is 8.11. The van der Waals surface area contributed by atoms with Gasteiger partial charge in [0.25, 0.3) is 0 Å². The van der Waals surface area contributed by atoms with E-state index in [2.05, 4.69) is 32.6 Å². The maximum atomic E-state index is 11.6. The molecule has 0 aliphatic rings. The van der Waals surface area contributed by atoms with E-state index in [-0.39, 0.29) is 18.0 Å². The van der Waals surface area contributed by atoms with Crippen LogP contribution >= 0.6 is 27.3 Å². The van der Waals surface area contributed by atoms with Crippen LogP contribution in [0.15, 0.2) is 15.9 Å². The number of carbonyl (C=O) groups excluding carboxylic acids is 1. The number of carbonyl (C=O) groups is 1. The second kappa shape index (κ2) is 6.37. The van der Waals surface area contributed by atoms with E-state index in [1.807, 2.05) is 26.2 Å². The van der Waals surface area contributed by atoms with Crippen LogP contribution in [-0.4, -0.2) is 18.0 Å². The molecule has 3 nitrogen and oxygen atoms in total. The second-order valence-electron chi connectivity index (χ2n) is 4.00. The molecule has 1 aromatic rings. The van der Waals surface area contributed by atoms with Gasteiger partial charge in [-0.3, -0.25) is 4.79 Å². The molecule has 1 aromatic heterocycles. The zero-order chi connectivity index (χ0) is 12.1. The highest BCUT2D eigenvalue weighted by Crippen LogP contribution is 2.19. The lowest BCUT2D eigenvalue weighted by atomic mass is 10.2. The molecule has 0 radical (unpaired) electrons. The van der Waals surface area contributed by atoms with Crippen LogP contribution in [-0.2, 0) is 11.3 Å². The summed E-state index contributed by atoms with van der Waals surface area (Å²) in [6, 6.07) is 2.08. The van der Waals surface area contributed by atoms with Gasteiger partial charge in [0.15, 0.2) is 0 Å². The Balaban J connectivity index is 2.34. The summed E-state index contributed by atoms with van der Waals surface area (Å²) in [5.74, 6) is 0.0469. The Labute approximate surface area is 109 Å². The van der Waals surface area contributed by atoms with Gasteiger partial charge in [0.2, 0.25) is 5.91 Å². The molecular formula is C11H17BrN2OS. The average Bonchev–Trinajstić information content (AvgIpc) is 2.59. The van der Waals surface area contributed by atoms with Gasteiger partial charge in [0.05, 0.1) is 6.04 Å². The molecule has 1 atom stereocenters. The SMILES string of the molecule is CC(C)NC(=O)C(C)NCc1cc(Br)cs1. The fourth-order valence-corrected chi connectivity index (χ4v) is 2.60. The first-order valence-corrected chi connectivity index (χ1v) is 6.93. The van der Waals surface area contributed by atoms with E-state index >= 15 is 0 Å². The Kier molecular flexibility index (Phi) is 5.44. The number of thiophene rings is 1.